The van der Waals surface area contributed by atoms with E-state index in [1.54, 1.807) is 18.9 Å². The number of ether oxygens (including phenoxy) is 1. The molecule has 3 rings (SSSR count). The molecule has 0 amide bonds. The lowest BCUT2D eigenvalue weighted by atomic mass is 9.99. The van der Waals surface area contributed by atoms with Gasteiger partial charge in [0.15, 0.2) is 5.82 Å². The normalized spacial score (nSPS) is 16.3. The Bertz CT molecular complexity index is 597. The van der Waals surface area contributed by atoms with Gasteiger partial charge in [0, 0.05) is 4.90 Å². The van der Waals surface area contributed by atoms with Crippen LogP contribution in [0, 0.1) is 0 Å². The summed E-state index contributed by atoms with van der Waals surface area (Å²) in [5.41, 5.74) is 5.94. The summed E-state index contributed by atoms with van der Waals surface area (Å²) in [6.07, 6.45) is 4.16. The zero-order valence-corrected chi connectivity index (χ0v) is 14.1. The minimum Gasteiger partial charge on any atom is -0.497 e. The van der Waals surface area contributed by atoms with Crippen LogP contribution in [-0.2, 0) is 11.3 Å². The molecule has 0 bridgehead atoms. The molecule has 0 aliphatic heterocycles. The van der Waals surface area contributed by atoms with E-state index in [4.69, 9.17) is 15.0 Å². The maximum atomic E-state index is 6.33. The molecule has 1 heterocycles. The first-order valence-corrected chi connectivity index (χ1v) is 8.07. The Balaban J connectivity index is 0.00000176. The Labute approximate surface area is 140 Å². The van der Waals surface area contributed by atoms with Gasteiger partial charge in [-0.2, -0.15) is 4.98 Å². The maximum Gasteiger partial charge on any atom is 0.237 e. The third kappa shape index (κ3) is 3.74. The molecular weight excluding hydrogens is 322 g/mol. The number of rotatable bonds is 5. The van der Waals surface area contributed by atoms with Crippen molar-refractivity contribution in [2.75, 3.05) is 7.11 Å². The lowest BCUT2D eigenvalue weighted by molar-refractivity contribution is 0.355. The molecule has 1 aromatic heterocycles. The molecule has 1 fully saturated rings. The molecule has 1 aliphatic rings. The first-order chi connectivity index (χ1) is 10.2. The van der Waals surface area contributed by atoms with Gasteiger partial charge in [0.25, 0.3) is 0 Å². The molecule has 2 aromatic rings. The van der Waals surface area contributed by atoms with Crippen LogP contribution in [0.25, 0.3) is 0 Å². The second-order valence-corrected chi connectivity index (χ2v) is 6.39. The average Bonchev–Trinajstić information content (AvgIpc) is 3.15. The van der Waals surface area contributed by atoms with Crippen molar-refractivity contribution < 1.29 is 9.26 Å². The Morgan fingerprint density at radius 1 is 1.27 bits per heavy atom. The van der Waals surface area contributed by atoms with Crippen LogP contribution in [0.4, 0.5) is 0 Å². The van der Waals surface area contributed by atoms with Gasteiger partial charge in [-0.25, -0.2) is 0 Å². The highest BCUT2D eigenvalue weighted by atomic mass is 35.5. The van der Waals surface area contributed by atoms with E-state index < -0.39 is 0 Å². The second kappa shape index (κ2) is 7.35. The van der Waals surface area contributed by atoms with Crippen molar-refractivity contribution in [3.8, 4) is 5.75 Å². The van der Waals surface area contributed by atoms with E-state index in [0.29, 0.717) is 17.5 Å². The van der Waals surface area contributed by atoms with Gasteiger partial charge < -0.3 is 15.0 Å². The molecule has 22 heavy (non-hydrogen) atoms. The van der Waals surface area contributed by atoms with Gasteiger partial charge in [0.05, 0.1) is 18.4 Å². The molecule has 120 valence electrons. The lowest BCUT2D eigenvalue weighted by Gasteiger charge is -2.17. The molecule has 0 saturated heterocycles. The Kier molecular flexibility index (Phi) is 5.72. The van der Waals surface area contributed by atoms with Gasteiger partial charge in [-0.05, 0) is 37.1 Å². The predicted octanol–water partition coefficient (Wildman–Crippen LogP) is 3.52. The fraction of sp³-hybridized carbons (Fsp3) is 0.467. The molecule has 0 radical (unpaired) electrons. The fourth-order valence-electron chi connectivity index (χ4n) is 2.56. The van der Waals surface area contributed by atoms with Crippen molar-refractivity contribution in [1.82, 2.24) is 10.1 Å². The number of nitrogens with zero attached hydrogens (tertiary/aromatic N) is 2. The minimum atomic E-state index is -0.382. The SMILES string of the molecule is COc1ccc(SCc2nc(C3(N)CCCC3)no2)cc1.Cl. The van der Waals surface area contributed by atoms with Gasteiger partial charge in [0.1, 0.15) is 5.75 Å². The van der Waals surface area contributed by atoms with Crippen LogP contribution >= 0.6 is 24.2 Å². The molecule has 1 aliphatic carbocycles. The summed E-state index contributed by atoms with van der Waals surface area (Å²) in [5.74, 6) is 2.79. The zero-order valence-electron chi connectivity index (χ0n) is 12.4. The van der Waals surface area contributed by atoms with Crippen molar-refractivity contribution in [3.05, 3.63) is 36.0 Å². The average molecular weight is 342 g/mol. The summed E-state index contributed by atoms with van der Waals surface area (Å²) in [6.45, 7) is 0. The molecule has 1 aromatic carbocycles. The van der Waals surface area contributed by atoms with Crippen LogP contribution in [0.15, 0.2) is 33.7 Å². The van der Waals surface area contributed by atoms with Crippen molar-refractivity contribution in [3.63, 3.8) is 0 Å². The third-order valence-corrected chi connectivity index (χ3v) is 4.83. The van der Waals surface area contributed by atoms with Crippen LogP contribution in [0.3, 0.4) is 0 Å². The van der Waals surface area contributed by atoms with Crippen LogP contribution in [0.2, 0.25) is 0 Å². The van der Waals surface area contributed by atoms with E-state index in [-0.39, 0.29) is 17.9 Å². The predicted molar refractivity (Wildman–Crippen MR) is 88.4 cm³/mol. The maximum absolute atomic E-state index is 6.33. The molecule has 0 spiro atoms. The number of nitrogens with two attached hydrogens (primary N) is 1. The van der Waals surface area contributed by atoms with Gasteiger partial charge in [-0.15, -0.1) is 24.2 Å². The highest BCUT2D eigenvalue weighted by Gasteiger charge is 2.35. The standard InChI is InChI=1S/C15H19N3O2S.ClH/c1-19-11-4-6-12(7-5-11)21-10-13-17-14(18-20-13)15(16)8-2-3-9-15;/h4-7H,2-3,8-10,16H2,1H3;1H. The minimum absolute atomic E-state index is 0. The highest BCUT2D eigenvalue weighted by Crippen LogP contribution is 2.35. The van der Waals surface area contributed by atoms with Gasteiger partial charge >= 0.3 is 0 Å². The monoisotopic (exact) mass is 341 g/mol. The van der Waals surface area contributed by atoms with E-state index in [1.165, 1.54) is 0 Å². The van der Waals surface area contributed by atoms with E-state index in [0.717, 1.165) is 36.3 Å². The van der Waals surface area contributed by atoms with Gasteiger partial charge in [0.2, 0.25) is 5.89 Å². The number of methoxy groups -OCH3 is 1. The lowest BCUT2D eigenvalue weighted by Crippen LogP contribution is -2.34. The van der Waals surface area contributed by atoms with E-state index in [9.17, 15) is 0 Å². The topological polar surface area (TPSA) is 74.2 Å². The first-order valence-electron chi connectivity index (χ1n) is 7.08. The number of halogens is 1. The smallest absolute Gasteiger partial charge is 0.237 e. The molecule has 5 nitrogen and oxygen atoms in total. The number of thioether (sulfide) groups is 1. The van der Waals surface area contributed by atoms with Gasteiger partial charge in [-0.3, -0.25) is 0 Å². The van der Waals surface area contributed by atoms with E-state index in [1.807, 2.05) is 24.3 Å². The molecule has 7 heteroatoms. The Morgan fingerprint density at radius 3 is 2.59 bits per heavy atom. The van der Waals surface area contributed by atoms with E-state index in [2.05, 4.69) is 10.1 Å². The third-order valence-electron chi connectivity index (χ3n) is 3.83. The Hall–Kier alpha value is -1.24. The summed E-state index contributed by atoms with van der Waals surface area (Å²) in [6, 6.07) is 7.91. The quantitative estimate of drug-likeness (QED) is 0.839. The number of hydrogen-bond acceptors (Lipinski definition) is 6. The van der Waals surface area contributed by atoms with Crippen LogP contribution in [0.1, 0.15) is 37.4 Å². The van der Waals surface area contributed by atoms with Crippen molar-refractivity contribution >= 4 is 24.2 Å². The van der Waals surface area contributed by atoms with Crippen molar-refractivity contribution in [2.24, 2.45) is 5.73 Å². The summed E-state index contributed by atoms with van der Waals surface area (Å²) >= 11 is 1.65. The number of benzene rings is 1. The first kappa shape index (κ1) is 17.1. The van der Waals surface area contributed by atoms with Crippen LogP contribution in [0.5, 0.6) is 5.75 Å². The molecular formula is C15H20ClN3O2S. The number of aromatic nitrogens is 2. The summed E-state index contributed by atoms with van der Waals surface area (Å²) in [7, 11) is 1.66. The van der Waals surface area contributed by atoms with Crippen LogP contribution in [-0.4, -0.2) is 17.3 Å². The van der Waals surface area contributed by atoms with Crippen LogP contribution < -0.4 is 10.5 Å². The summed E-state index contributed by atoms with van der Waals surface area (Å²) in [5, 5.41) is 4.07. The highest BCUT2D eigenvalue weighted by molar-refractivity contribution is 7.98. The van der Waals surface area contributed by atoms with Crippen molar-refractivity contribution in [1.29, 1.82) is 0 Å². The largest absolute Gasteiger partial charge is 0.497 e. The second-order valence-electron chi connectivity index (χ2n) is 5.34. The summed E-state index contributed by atoms with van der Waals surface area (Å²) in [4.78, 5) is 5.60. The number of hydrogen-bond donors (Lipinski definition) is 1. The molecule has 0 unspecified atom stereocenters. The van der Waals surface area contributed by atoms with Gasteiger partial charge in [-0.1, -0.05) is 18.0 Å². The molecule has 1 saturated carbocycles. The van der Waals surface area contributed by atoms with E-state index >= 15 is 0 Å². The Morgan fingerprint density at radius 2 is 1.95 bits per heavy atom. The van der Waals surface area contributed by atoms with Crippen molar-refractivity contribution in [2.45, 2.75) is 41.9 Å². The summed E-state index contributed by atoms with van der Waals surface area (Å²) < 4.78 is 10.5. The molecule has 0 atom stereocenters. The fourth-order valence-corrected chi connectivity index (χ4v) is 3.30. The molecule has 2 N–H and O–H groups in total. The zero-order chi connectivity index (χ0) is 14.7.